The van der Waals surface area contributed by atoms with Gasteiger partial charge in [0.2, 0.25) is 5.91 Å². The van der Waals surface area contributed by atoms with E-state index in [4.69, 9.17) is 14.9 Å². The second-order valence-electron chi connectivity index (χ2n) is 9.95. The number of benzene rings is 1. The molecule has 0 unspecified atom stereocenters. The van der Waals surface area contributed by atoms with E-state index in [0.717, 1.165) is 100.0 Å². The van der Waals surface area contributed by atoms with E-state index in [2.05, 4.69) is 49.2 Å². The van der Waals surface area contributed by atoms with Crippen molar-refractivity contribution < 1.29 is 14.7 Å². The number of nitrogens with one attached hydrogen (secondary N) is 2. The van der Waals surface area contributed by atoms with Crippen LogP contribution >= 0.6 is 11.3 Å². The molecule has 38 heavy (non-hydrogen) atoms. The summed E-state index contributed by atoms with van der Waals surface area (Å²) in [6, 6.07) is 10.8. The number of aromatic amines is 1. The number of anilines is 1. The summed E-state index contributed by atoms with van der Waals surface area (Å²) in [7, 11) is 0. The number of morpholine rings is 1. The van der Waals surface area contributed by atoms with Crippen molar-refractivity contribution >= 4 is 44.1 Å². The van der Waals surface area contributed by atoms with Gasteiger partial charge in [-0.3, -0.25) is 20.0 Å². The van der Waals surface area contributed by atoms with Crippen LogP contribution in [0.5, 0.6) is 0 Å². The molecular formula is C27H33N7O3S. The van der Waals surface area contributed by atoms with E-state index in [1.54, 1.807) is 5.48 Å². The summed E-state index contributed by atoms with van der Waals surface area (Å²) >= 11 is 1.85. The molecule has 5 heterocycles. The Morgan fingerprint density at radius 2 is 1.92 bits per heavy atom. The SMILES string of the molecule is O=C(CCCN1CCN(Cc2cc3cc(-c4cccc5[nH]ncc45)nc(N4CCOCC4)c3s2)CC1)NO. The Morgan fingerprint density at radius 3 is 2.74 bits per heavy atom. The maximum atomic E-state index is 11.3. The molecule has 1 aromatic carbocycles. The second-order valence-corrected chi connectivity index (χ2v) is 11.1. The minimum absolute atomic E-state index is 0.316. The van der Waals surface area contributed by atoms with Crippen LogP contribution in [-0.4, -0.2) is 95.1 Å². The molecule has 2 fully saturated rings. The van der Waals surface area contributed by atoms with Crippen LogP contribution < -0.4 is 10.4 Å². The number of nitrogens with zero attached hydrogens (tertiary/aromatic N) is 5. The van der Waals surface area contributed by atoms with Crippen LogP contribution in [-0.2, 0) is 16.1 Å². The Bertz CT molecular complexity index is 1410. The second kappa shape index (κ2) is 11.3. The van der Waals surface area contributed by atoms with Crippen LogP contribution in [0, 0.1) is 0 Å². The maximum absolute atomic E-state index is 11.3. The molecule has 0 spiro atoms. The number of ether oxygens (including phenoxy) is 1. The Hall–Kier alpha value is -3.09. The molecule has 6 rings (SSSR count). The fourth-order valence-corrected chi connectivity index (χ4v) is 6.59. The number of piperazine rings is 1. The Labute approximate surface area is 225 Å². The van der Waals surface area contributed by atoms with Crippen molar-refractivity contribution in [3.8, 4) is 11.3 Å². The molecule has 10 nitrogen and oxygen atoms in total. The van der Waals surface area contributed by atoms with Gasteiger partial charge in [-0.25, -0.2) is 10.5 Å². The topological polar surface area (TPSA) is 110 Å². The molecular weight excluding hydrogens is 502 g/mol. The number of thiophene rings is 1. The van der Waals surface area contributed by atoms with Crippen LogP contribution in [0.25, 0.3) is 32.2 Å². The first-order valence-electron chi connectivity index (χ1n) is 13.2. The average Bonchev–Trinajstić information content (AvgIpc) is 3.60. The first-order chi connectivity index (χ1) is 18.7. The van der Waals surface area contributed by atoms with Crippen molar-refractivity contribution in [1.82, 2.24) is 30.5 Å². The van der Waals surface area contributed by atoms with Crippen molar-refractivity contribution in [2.75, 3.05) is 63.9 Å². The number of pyridine rings is 1. The molecule has 2 aliphatic heterocycles. The van der Waals surface area contributed by atoms with E-state index >= 15 is 0 Å². The fraction of sp³-hybridized carbons (Fsp3) is 0.444. The van der Waals surface area contributed by atoms with Crippen LogP contribution in [0.1, 0.15) is 17.7 Å². The molecule has 200 valence electrons. The molecule has 2 aliphatic rings. The number of hydroxylamine groups is 1. The standard InChI is InChI=1S/C27H33N7O3S/c35-25(31-36)5-2-6-32-7-9-33(10-8-32)18-20-15-19-16-24(21-3-1-4-23-22(21)17-28-30-23)29-27(26(19)38-20)34-11-13-37-14-12-34/h1,3-4,15-17,36H,2,5-14,18H2,(H,28,30)(H,31,35). The molecule has 11 heteroatoms. The zero-order chi connectivity index (χ0) is 25.9. The first-order valence-corrected chi connectivity index (χ1v) is 14.1. The number of amides is 1. The van der Waals surface area contributed by atoms with Crippen molar-refractivity contribution in [3.05, 3.63) is 41.4 Å². The molecule has 4 aromatic rings. The van der Waals surface area contributed by atoms with E-state index in [9.17, 15) is 4.79 Å². The van der Waals surface area contributed by atoms with Crippen LogP contribution in [0.2, 0.25) is 0 Å². The fourth-order valence-electron chi connectivity index (χ4n) is 5.39. The minimum atomic E-state index is -0.316. The number of fused-ring (bicyclic) bond motifs is 2. The lowest BCUT2D eigenvalue weighted by molar-refractivity contribution is -0.129. The predicted octanol–water partition coefficient (Wildman–Crippen LogP) is 3.08. The van der Waals surface area contributed by atoms with Gasteiger partial charge in [0.05, 0.1) is 35.3 Å². The van der Waals surface area contributed by atoms with Gasteiger partial charge in [-0.15, -0.1) is 11.3 Å². The molecule has 0 bridgehead atoms. The monoisotopic (exact) mass is 535 g/mol. The smallest absolute Gasteiger partial charge is 0.243 e. The van der Waals surface area contributed by atoms with E-state index in [1.165, 1.54) is 15.0 Å². The molecule has 0 aliphatic carbocycles. The van der Waals surface area contributed by atoms with Crippen molar-refractivity contribution in [1.29, 1.82) is 0 Å². The zero-order valence-electron chi connectivity index (χ0n) is 21.4. The van der Waals surface area contributed by atoms with Gasteiger partial charge in [0.15, 0.2) is 0 Å². The number of carbonyl (C=O) groups is 1. The number of carbonyl (C=O) groups excluding carboxylic acids is 1. The molecule has 2 saturated heterocycles. The third-order valence-electron chi connectivity index (χ3n) is 7.45. The highest BCUT2D eigenvalue weighted by Gasteiger charge is 2.22. The number of hydrogen-bond donors (Lipinski definition) is 3. The van der Waals surface area contributed by atoms with Crippen LogP contribution in [0.15, 0.2) is 36.5 Å². The minimum Gasteiger partial charge on any atom is -0.378 e. The summed E-state index contributed by atoms with van der Waals surface area (Å²) in [6.07, 6.45) is 3.00. The highest BCUT2D eigenvalue weighted by Crippen LogP contribution is 2.38. The number of H-pyrrole nitrogens is 1. The van der Waals surface area contributed by atoms with Gasteiger partial charge in [0.1, 0.15) is 5.82 Å². The maximum Gasteiger partial charge on any atom is 0.243 e. The average molecular weight is 536 g/mol. The number of hydrogen-bond acceptors (Lipinski definition) is 9. The Morgan fingerprint density at radius 1 is 1.11 bits per heavy atom. The normalized spacial score (nSPS) is 17.4. The van der Waals surface area contributed by atoms with Crippen LogP contribution in [0.4, 0.5) is 5.82 Å². The number of rotatable bonds is 8. The Kier molecular flexibility index (Phi) is 7.52. The van der Waals surface area contributed by atoms with Gasteiger partial charge in [0, 0.05) is 68.1 Å². The summed E-state index contributed by atoms with van der Waals surface area (Å²) in [4.78, 5) is 25.1. The molecule has 3 aromatic heterocycles. The van der Waals surface area contributed by atoms with Gasteiger partial charge in [0.25, 0.3) is 0 Å². The van der Waals surface area contributed by atoms with E-state index < -0.39 is 0 Å². The van der Waals surface area contributed by atoms with Crippen molar-refractivity contribution in [3.63, 3.8) is 0 Å². The van der Waals surface area contributed by atoms with E-state index in [1.807, 2.05) is 23.6 Å². The predicted molar refractivity (Wildman–Crippen MR) is 149 cm³/mol. The lowest BCUT2D eigenvalue weighted by Crippen LogP contribution is -2.46. The van der Waals surface area contributed by atoms with Gasteiger partial charge < -0.3 is 14.5 Å². The summed E-state index contributed by atoms with van der Waals surface area (Å²) < 4.78 is 6.87. The van der Waals surface area contributed by atoms with Crippen molar-refractivity contribution in [2.45, 2.75) is 19.4 Å². The van der Waals surface area contributed by atoms with Gasteiger partial charge in [-0.2, -0.15) is 5.10 Å². The van der Waals surface area contributed by atoms with Crippen molar-refractivity contribution in [2.24, 2.45) is 0 Å². The molecule has 0 saturated carbocycles. The van der Waals surface area contributed by atoms with E-state index in [0.29, 0.717) is 6.42 Å². The quantitative estimate of drug-likeness (QED) is 0.233. The lowest BCUT2D eigenvalue weighted by Gasteiger charge is -2.34. The molecule has 0 atom stereocenters. The van der Waals surface area contributed by atoms with E-state index in [-0.39, 0.29) is 5.91 Å². The third-order valence-corrected chi connectivity index (χ3v) is 8.58. The molecule has 1 amide bonds. The van der Waals surface area contributed by atoms with Crippen LogP contribution in [0.3, 0.4) is 0 Å². The van der Waals surface area contributed by atoms with Gasteiger partial charge in [-0.05, 0) is 36.6 Å². The summed E-state index contributed by atoms with van der Waals surface area (Å²) in [5, 5.41) is 18.3. The third kappa shape index (κ3) is 5.38. The first kappa shape index (κ1) is 25.2. The highest BCUT2D eigenvalue weighted by atomic mass is 32.1. The summed E-state index contributed by atoms with van der Waals surface area (Å²) in [5.41, 5.74) is 4.78. The highest BCUT2D eigenvalue weighted by molar-refractivity contribution is 7.19. The largest absolute Gasteiger partial charge is 0.378 e. The molecule has 3 N–H and O–H groups in total. The van der Waals surface area contributed by atoms with Gasteiger partial charge in [-0.1, -0.05) is 12.1 Å². The summed E-state index contributed by atoms with van der Waals surface area (Å²) in [6.45, 7) is 8.92. The number of aromatic nitrogens is 3. The summed E-state index contributed by atoms with van der Waals surface area (Å²) in [5.74, 6) is 0.734. The zero-order valence-corrected chi connectivity index (χ0v) is 22.2. The molecule has 0 radical (unpaired) electrons. The lowest BCUT2D eigenvalue weighted by atomic mass is 10.1. The Balaban J connectivity index is 1.22. The van der Waals surface area contributed by atoms with Gasteiger partial charge >= 0.3 is 0 Å².